The summed E-state index contributed by atoms with van der Waals surface area (Å²) in [6.45, 7) is 1.10. The van der Waals surface area contributed by atoms with Crippen LogP contribution in [0, 0.1) is 11.3 Å². The van der Waals surface area contributed by atoms with Crippen LogP contribution in [-0.2, 0) is 43.5 Å². The first-order chi connectivity index (χ1) is 29.0. The van der Waals surface area contributed by atoms with Crippen LogP contribution in [0.1, 0.15) is 46.9 Å². The molecule has 28 heteroatoms. The van der Waals surface area contributed by atoms with Gasteiger partial charge in [0.1, 0.15) is 53.3 Å². The highest BCUT2D eigenvalue weighted by molar-refractivity contribution is 7.47. The van der Waals surface area contributed by atoms with Gasteiger partial charge in [-0.15, -0.1) is 11.3 Å². The summed E-state index contributed by atoms with van der Waals surface area (Å²) in [5.41, 5.74) is 11.8. The maximum atomic E-state index is 14.1. The van der Waals surface area contributed by atoms with Crippen molar-refractivity contribution in [1.29, 1.82) is 5.26 Å². The molecule has 25 nitrogen and oxygen atoms in total. The minimum atomic E-state index is -5.21. The third-order valence-corrected chi connectivity index (χ3v) is 11.9. The number of aromatic nitrogens is 7. The van der Waals surface area contributed by atoms with Crippen LogP contribution in [-0.4, -0.2) is 110 Å². The minimum Gasteiger partial charge on any atom is -0.452 e. The fourth-order valence-electron chi connectivity index (χ4n) is 6.48. The van der Waals surface area contributed by atoms with E-state index in [1.807, 2.05) is 13.0 Å². The number of imidazole rings is 1. The smallest absolute Gasteiger partial charge is 0.452 e. The first-order valence-corrected chi connectivity index (χ1v) is 21.9. The Morgan fingerprint density at radius 3 is 2.51 bits per heavy atom. The van der Waals surface area contributed by atoms with Crippen molar-refractivity contribution in [2.24, 2.45) is 0 Å². The average molecular weight is 906 g/mol. The summed E-state index contributed by atoms with van der Waals surface area (Å²) in [4.78, 5) is 77.0. The number of nitrogens with two attached hydrogens (primary N) is 2. The summed E-state index contributed by atoms with van der Waals surface area (Å²) >= 11 is 1.20. The summed E-state index contributed by atoms with van der Waals surface area (Å²) in [5.74, 6) is -1.08. The van der Waals surface area contributed by atoms with Crippen LogP contribution in [0.5, 0.6) is 0 Å². The summed E-state index contributed by atoms with van der Waals surface area (Å²) in [6, 6.07) is 9.75. The van der Waals surface area contributed by atoms with E-state index in [9.17, 15) is 43.8 Å². The van der Waals surface area contributed by atoms with Gasteiger partial charge in [0.25, 0.3) is 0 Å². The highest BCUT2D eigenvalue weighted by atomic mass is 32.1. The number of nitrogen functional groups attached to an aromatic ring is 2. The number of carbonyl (C=O) groups excluding carboxylic acids is 1. The van der Waals surface area contributed by atoms with Crippen molar-refractivity contribution in [2.45, 2.75) is 62.9 Å². The predicted octanol–water partition coefficient (Wildman–Crippen LogP) is 0.735. The van der Waals surface area contributed by atoms with Gasteiger partial charge < -0.3 is 50.8 Å². The number of carbonyl (C=O) groups is 1. The molecule has 2 aliphatic heterocycles. The summed E-state index contributed by atoms with van der Waals surface area (Å²) in [7, 11) is -10.3. The van der Waals surface area contributed by atoms with Crippen molar-refractivity contribution < 1.29 is 61.5 Å². The Kier molecular flexibility index (Phi) is 13.0. The lowest BCUT2D eigenvalue weighted by atomic mass is 10.1. The Morgan fingerprint density at radius 2 is 1.80 bits per heavy atom. The molecule has 2 saturated heterocycles. The van der Waals surface area contributed by atoms with Gasteiger partial charge in [-0.05, 0) is 30.3 Å². The summed E-state index contributed by atoms with van der Waals surface area (Å²) in [5, 5.41) is 24.7. The van der Waals surface area contributed by atoms with Gasteiger partial charge in [-0.3, -0.25) is 22.7 Å². The van der Waals surface area contributed by atoms with E-state index >= 15 is 0 Å². The Morgan fingerprint density at radius 1 is 1.05 bits per heavy atom. The molecule has 0 amide bonds. The quantitative estimate of drug-likeness (QED) is 0.0530. The first-order valence-electron chi connectivity index (χ1n) is 18.1. The minimum absolute atomic E-state index is 0.0184. The number of anilines is 2. The van der Waals surface area contributed by atoms with Crippen LogP contribution in [0.2, 0.25) is 0 Å². The molecule has 8 atom stereocenters. The Hall–Kier alpha value is -5.10. The molecule has 2 aliphatic rings. The number of benzene rings is 1. The van der Waals surface area contributed by atoms with Gasteiger partial charge >= 0.3 is 27.3 Å². The summed E-state index contributed by atoms with van der Waals surface area (Å²) < 4.78 is 60.4. The number of hydrogen-bond donors (Lipinski definition) is 7. The average Bonchev–Trinajstić information content (AvgIpc) is 4.00. The number of nitrogens with one attached hydrogen (secondary N) is 1. The number of fused-ring (bicyclic) bond motifs is 1. The molecule has 324 valence electrons. The van der Waals surface area contributed by atoms with Crippen molar-refractivity contribution in [1.82, 2.24) is 39.4 Å². The molecule has 5 aromatic rings. The molecular weight excluding hydrogens is 868 g/mol. The molecule has 9 N–H and O–H groups in total. The fraction of sp³-hybridized carbons (Fsp3) is 0.394. The zero-order valence-corrected chi connectivity index (χ0v) is 34.2. The number of nitriles is 1. The topological polar surface area (TPSA) is 367 Å². The number of nitrogens with zero attached hydrogens (tertiary/aromatic N) is 8. The molecule has 2 fully saturated rings. The molecule has 0 spiro atoms. The van der Waals surface area contributed by atoms with Crippen LogP contribution in [0.15, 0.2) is 54.0 Å². The van der Waals surface area contributed by atoms with E-state index in [4.69, 9.17) is 34.7 Å². The fourth-order valence-corrected chi connectivity index (χ4v) is 8.81. The number of thiazole rings is 1. The number of ether oxygens (including phenoxy) is 3. The number of aliphatic hydroxyl groups excluding tert-OH is 1. The van der Waals surface area contributed by atoms with Crippen LogP contribution in [0.3, 0.4) is 0 Å². The Labute approximate surface area is 347 Å². The maximum Gasteiger partial charge on any atom is 0.472 e. The molecule has 4 aromatic heterocycles. The zero-order valence-electron chi connectivity index (χ0n) is 31.6. The lowest BCUT2D eigenvalue weighted by Crippen LogP contribution is -2.38. The van der Waals surface area contributed by atoms with E-state index in [2.05, 4.69) is 34.8 Å². The highest BCUT2D eigenvalue weighted by Gasteiger charge is 2.50. The number of phosphoric acid groups is 2. The number of phosphoric ester groups is 2. The molecule has 1 aromatic carbocycles. The van der Waals surface area contributed by atoms with Gasteiger partial charge in [0.15, 0.2) is 29.5 Å². The van der Waals surface area contributed by atoms with Gasteiger partial charge in [0, 0.05) is 19.2 Å². The van der Waals surface area contributed by atoms with E-state index in [0.717, 1.165) is 10.9 Å². The van der Waals surface area contributed by atoms with E-state index < -0.39 is 83.5 Å². The molecule has 0 saturated carbocycles. The van der Waals surface area contributed by atoms with Crippen molar-refractivity contribution >= 4 is 55.8 Å². The van der Waals surface area contributed by atoms with Crippen LogP contribution >= 0.6 is 27.0 Å². The lowest BCUT2D eigenvalue weighted by molar-refractivity contribution is -0.0602. The van der Waals surface area contributed by atoms with E-state index in [0.29, 0.717) is 34.1 Å². The standard InChI is InChI=1S/C33H37N11O14P2S/c1-2-37-11-22-42-24(28(61-22)17-5-3-16(10-34)4-6-17)32(46)57-27-20(56-31(26(27)45)44-15-40-25-29(36)38-14-39-30(25)44)13-54-60(51,52)58-18-9-23(43-8-7-21(35)41-33(43)47)55-19(18)12-53-59(48,49)50/h3-8,14-15,18-20,23,26-27,31,37,45H,2,9,11-13H2,1H3,(H,51,52)(H2,35,41,47)(H2,36,38,39)(H2,48,49,50)/t18?,19-,20-,23-,26?,27?,31-/m1/s1. The van der Waals surface area contributed by atoms with Crippen molar-refractivity contribution in [2.75, 3.05) is 31.2 Å². The van der Waals surface area contributed by atoms with Gasteiger partial charge in [0.05, 0.1) is 36.1 Å². The Bertz CT molecular complexity index is 2600. The lowest BCUT2D eigenvalue weighted by Gasteiger charge is -2.23. The molecule has 0 aliphatic carbocycles. The second-order valence-corrected chi connectivity index (χ2v) is 17.1. The second-order valence-electron chi connectivity index (χ2n) is 13.4. The third kappa shape index (κ3) is 10.0. The second kappa shape index (κ2) is 18.1. The van der Waals surface area contributed by atoms with Crippen molar-refractivity contribution in [3.05, 3.63) is 75.9 Å². The van der Waals surface area contributed by atoms with Crippen LogP contribution in [0.4, 0.5) is 11.6 Å². The summed E-state index contributed by atoms with van der Waals surface area (Å²) in [6.07, 6.45) is -7.02. The van der Waals surface area contributed by atoms with Crippen LogP contribution in [0.25, 0.3) is 21.6 Å². The number of hydrogen-bond acceptors (Lipinski definition) is 21. The molecule has 6 heterocycles. The van der Waals surface area contributed by atoms with Gasteiger partial charge in [-0.25, -0.2) is 38.7 Å². The normalized spacial score (nSPS) is 23.8. The molecule has 4 unspecified atom stereocenters. The van der Waals surface area contributed by atoms with Gasteiger partial charge in [-0.1, -0.05) is 19.1 Å². The molecule has 61 heavy (non-hydrogen) atoms. The Balaban J connectivity index is 1.15. The largest absolute Gasteiger partial charge is 0.472 e. The SMILES string of the molecule is CCNCc1nc(C(=O)OC2C(O)[C@H](n3cnc4c(N)ncnc43)O[C@@H]2COP(=O)(O)OC2C[C@H](n3ccc(N)nc3=O)O[C@@H]2COP(=O)(O)O)c(-c2ccc(C#N)cc2)s1. The highest BCUT2D eigenvalue weighted by Crippen LogP contribution is 2.50. The van der Waals surface area contributed by atoms with Crippen LogP contribution < -0.4 is 22.5 Å². The zero-order chi connectivity index (χ0) is 43.6. The third-order valence-electron chi connectivity index (χ3n) is 9.30. The maximum absolute atomic E-state index is 14.1. The van der Waals surface area contributed by atoms with Crippen molar-refractivity contribution in [3.63, 3.8) is 0 Å². The first kappa shape index (κ1) is 44.0. The predicted molar refractivity (Wildman–Crippen MR) is 209 cm³/mol. The van der Waals surface area contributed by atoms with E-state index in [1.54, 1.807) is 24.3 Å². The van der Waals surface area contributed by atoms with Gasteiger partial charge in [0.2, 0.25) is 0 Å². The van der Waals surface area contributed by atoms with Crippen molar-refractivity contribution in [3.8, 4) is 16.5 Å². The van der Waals surface area contributed by atoms with Gasteiger partial charge in [-0.2, -0.15) is 10.2 Å². The van der Waals surface area contributed by atoms with E-state index in [-0.39, 0.29) is 34.9 Å². The molecule has 0 bridgehead atoms. The number of aliphatic hydroxyl groups is 1. The molecular formula is C33H37N11O14P2S. The number of rotatable bonds is 16. The molecule has 7 rings (SSSR count). The monoisotopic (exact) mass is 905 g/mol. The molecule has 0 radical (unpaired) electrons. The number of esters is 1. The van der Waals surface area contributed by atoms with E-state index in [1.165, 1.54) is 34.5 Å².